The van der Waals surface area contributed by atoms with Crippen LogP contribution in [0.1, 0.15) is 62.2 Å². The third-order valence-electron chi connectivity index (χ3n) is 7.09. The zero-order valence-corrected chi connectivity index (χ0v) is 18.7. The molecular weight excluding hydrogens is 402 g/mol. The lowest BCUT2D eigenvalue weighted by Crippen LogP contribution is -2.44. The van der Waals surface area contributed by atoms with Crippen molar-refractivity contribution in [3.8, 4) is 11.5 Å². The highest BCUT2D eigenvalue weighted by molar-refractivity contribution is 5.79. The number of carbonyl (C=O) groups is 1. The summed E-state index contributed by atoms with van der Waals surface area (Å²) < 4.78 is 11.5. The molecule has 2 aliphatic heterocycles. The standard InChI is InChI=1S/C26H33N3O3/c30-26(20-6-5-7-20)28-23(22-9-1-3-12-27-22)17-21-8-2-4-13-29(21)18-19-10-11-24-25(16-19)32-15-14-31-24/h1,3,9-12,16,20-21,23H,2,4-8,13-15,17-18H2,(H,28,30)/t21-,23-/m0/s1. The number of carbonyl (C=O) groups excluding carboxylic acids is 1. The van der Waals surface area contributed by atoms with Crippen molar-refractivity contribution >= 4 is 5.91 Å². The molecule has 1 saturated heterocycles. The molecule has 1 saturated carbocycles. The van der Waals surface area contributed by atoms with Gasteiger partial charge in [-0.1, -0.05) is 25.0 Å². The third kappa shape index (κ3) is 4.90. The largest absolute Gasteiger partial charge is 0.486 e. The monoisotopic (exact) mass is 435 g/mol. The Kier molecular flexibility index (Phi) is 6.58. The van der Waals surface area contributed by atoms with Gasteiger partial charge in [-0.2, -0.15) is 0 Å². The van der Waals surface area contributed by atoms with Crippen molar-refractivity contribution in [3.63, 3.8) is 0 Å². The first-order chi connectivity index (χ1) is 15.8. The van der Waals surface area contributed by atoms with Crippen LogP contribution in [-0.2, 0) is 11.3 Å². The number of ether oxygens (including phenoxy) is 2. The Morgan fingerprint density at radius 1 is 1.06 bits per heavy atom. The first-order valence-electron chi connectivity index (χ1n) is 12.1. The van der Waals surface area contributed by atoms with Gasteiger partial charge in [-0.05, 0) is 68.5 Å². The van der Waals surface area contributed by atoms with Crippen LogP contribution < -0.4 is 14.8 Å². The van der Waals surface area contributed by atoms with Crippen molar-refractivity contribution in [2.45, 2.75) is 63.6 Å². The van der Waals surface area contributed by atoms with Crippen molar-refractivity contribution in [2.24, 2.45) is 5.92 Å². The fourth-order valence-electron chi connectivity index (χ4n) is 5.02. The summed E-state index contributed by atoms with van der Waals surface area (Å²) in [4.78, 5) is 19.9. The number of likely N-dealkylation sites (tertiary alicyclic amines) is 1. The minimum atomic E-state index is -0.0461. The molecule has 32 heavy (non-hydrogen) atoms. The first-order valence-corrected chi connectivity index (χ1v) is 12.1. The maximum absolute atomic E-state index is 12.8. The summed E-state index contributed by atoms with van der Waals surface area (Å²) in [5.41, 5.74) is 2.21. The summed E-state index contributed by atoms with van der Waals surface area (Å²) in [5, 5.41) is 3.34. The van der Waals surface area contributed by atoms with Crippen LogP contribution in [-0.4, -0.2) is 41.6 Å². The number of hydrogen-bond acceptors (Lipinski definition) is 5. The van der Waals surface area contributed by atoms with Gasteiger partial charge in [0.1, 0.15) is 13.2 Å². The molecular formula is C26H33N3O3. The Morgan fingerprint density at radius 3 is 2.72 bits per heavy atom. The van der Waals surface area contributed by atoms with E-state index in [1.165, 1.54) is 18.4 Å². The second-order valence-corrected chi connectivity index (χ2v) is 9.28. The summed E-state index contributed by atoms with van der Waals surface area (Å²) in [7, 11) is 0. The van der Waals surface area contributed by atoms with Gasteiger partial charge in [0.15, 0.2) is 11.5 Å². The maximum Gasteiger partial charge on any atom is 0.223 e. The first kappa shape index (κ1) is 21.3. The lowest BCUT2D eigenvalue weighted by atomic mass is 9.84. The van der Waals surface area contributed by atoms with Gasteiger partial charge in [-0.25, -0.2) is 0 Å². The summed E-state index contributed by atoms with van der Waals surface area (Å²) in [6.07, 6.45) is 9.50. The van der Waals surface area contributed by atoms with Crippen LogP contribution in [0.5, 0.6) is 11.5 Å². The van der Waals surface area contributed by atoms with Crippen LogP contribution in [0.15, 0.2) is 42.6 Å². The number of aromatic nitrogens is 1. The van der Waals surface area contributed by atoms with Crippen molar-refractivity contribution in [1.29, 1.82) is 0 Å². The lowest BCUT2D eigenvalue weighted by Gasteiger charge is -2.38. The number of benzene rings is 1. The van der Waals surface area contributed by atoms with Gasteiger partial charge in [-0.15, -0.1) is 0 Å². The smallest absolute Gasteiger partial charge is 0.223 e. The molecule has 0 unspecified atom stereocenters. The highest BCUT2D eigenvalue weighted by Gasteiger charge is 2.31. The molecule has 2 atom stereocenters. The molecule has 170 valence electrons. The van der Waals surface area contributed by atoms with E-state index in [1.807, 2.05) is 30.5 Å². The van der Waals surface area contributed by atoms with Crippen LogP contribution in [0.4, 0.5) is 0 Å². The third-order valence-corrected chi connectivity index (χ3v) is 7.09. The summed E-state index contributed by atoms with van der Waals surface area (Å²) >= 11 is 0. The number of amides is 1. The summed E-state index contributed by atoms with van der Waals surface area (Å²) in [6, 6.07) is 12.6. The quantitative estimate of drug-likeness (QED) is 0.704. The summed E-state index contributed by atoms with van der Waals surface area (Å²) in [5.74, 6) is 2.06. The van der Waals surface area contributed by atoms with Gasteiger partial charge < -0.3 is 14.8 Å². The Labute approximate surface area is 190 Å². The molecule has 0 radical (unpaired) electrons. The SMILES string of the molecule is O=C(N[C@@H](C[C@@H]1CCCCN1Cc1ccc2c(c1)OCCO2)c1ccccn1)C1CCC1. The fraction of sp³-hybridized carbons (Fsp3) is 0.538. The van der Waals surface area contributed by atoms with E-state index >= 15 is 0 Å². The van der Waals surface area contributed by atoms with Gasteiger partial charge in [0, 0.05) is 24.7 Å². The highest BCUT2D eigenvalue weighted by Crippen LogP contribution is 2.33. The Balaban J connectivity index is 1.30. The second kappa shape index (κ2) is 9.90. The van der Waals surface area contributed by atoms with E-state index in [4.69, 9.17) is 9.47 Å². The molecule has 5 rings (SSSR count). The van der Waals surface area contributed by atoms with Gasteiger partial charge in [0.05, 0.1) is 11.7 Å². The zero-order chi connectivity index (χ0) is 21.8. The minimum Gasteiger partial charge on any atom is -0.486 e. The Morgan fingerprint density at radius 2 is 1.94 bits per heavy atom. The number of hydrogen-bond donors (Lipinski definition) is 1. The van der Waals surface area contributed by atoms with Crippen LogP contribution >= 0.6 is 0 Å². The van der Waals surface area contributed by atoms with Gasteiger partial charge in [0.2, 0.25) is 5.91 Å². The van der Waals surface area contributed by atoms with Gasteiger partial charge in [-0.3, -0.25) is 14.7 Å². The number of nitrogens with one attached hydrogen (secondary N) is 1. The molecule has 1 aromatic carbocycles. The Bertz CT molecular complexity index is 916. The van der Waals surface area contributed by atoms with Crippen molar-refractivity contribution in [1.82, 2.24) is 15.2 Å². The normalized spacial score (nSPS) is 22.1. The van der Waals surface area contributed by atoms with E-state index in [0.717, 1.165) is 62.4 Å². The van der Waals surface area contributed by atoms with E-state index in [2.05, 4.69) is 27.3 Å². The van der Waals surface area contributed by atoms with E-state index in [-0.39, 0.29) is 17.9 Å². The fourth-order valence-corrected chi connectivity index (χ4v) is 5.02. The molecule has 3 heterocycles. The number of nitrogens with zero attached hydrogens (tertiary/aromatic N) is 2. The van der Waals surface area contributed by atoms with E-state index in [1.54, 1.807) is 0 Å². The molecule has 1 aliphatic carbocycles. The molecule has 6 nitrogen and oxygen atoms in total. The van der Waals surface area contributed by atoms with E-state index < -0.39 is 0 Å². The zero-order valence-electron chi connectivity index (χ0n) is 18.7. The van der Waals surface area contributed by atoms with Crippen molar-refractivity contribution in [3.05, 3.63) is 53.9 Å². The number of fused-ring (bicyclic) bond motifs is 1. The van der Waals surface area contributed by atoms with Crippen LogP contribution in [0.25, 0.3) is 0 Å². The van der Waals surface area contributed by atoms with Crippen molar-refractivity contribution < 1.29 is 14.3 Å². The molecule has 1 amide bonds. The Hall–Kier alpha value is -2.60. The maximum atomic E-state index is 12.8. The molecule has 6 heteroatoms. The van der Waals surface area contributed by atoms with Crippen molar-refractivity contribution in [2.75, 3.05) is 19.8 Å². The number of rotatable bonds is 7. The predicted molar refractivity (Wildman–Crippen MR) is 123 cm³/mol. The number of piperidine rings is 1. The van der Waals surface area contributed by atoms with Crippen LogP contribution in [0.2, 0.25) is 0 Å². The second-order valence-electron chi connectivity index (χ2n) is 9.28. The van der Waals surface area contributed by atoms with Crippen LogP contribution in [0.3, 0.4) is 0 Å². The average Bonchev–Trinajstić information content (AvgIpc) is 2.79. The van der Waals surface area contributed by atoms with Gasteiger partial charge >= 0.3 is 0 Å². The predicted octanol–water partition coefficient (Wildman–Crippen LogP) is 4.26. The van der Waals surface area contributed by atoms with E-state index in [9.17, 15) is 4.79 Å². The molecule has 1 aromatic heterocycles. The average molecular weight is 436 g/mol. The molecule has 0 bridgehead atoms. The minimum absolute atomic E-state index is 0.0461. The molecule has 1 N–H and O–H groups in total. The lowest BCUT2D eigenvalue weighted by molar-refractivity contribution is -0.128. The van der Waals surface area contributed by atoms with E-state index in [0.29, 0.717) is 19.3 Å². The molecule has 3 aliphatic rings. The topological polar surface area (TPSA) is 63.7 Å². The highest BCUT2D eigenvalue weighted by atomic mass is 16.6. The summed E-state index contributed by atoms with van der Waals surface area (Å²) in [6.45, 7) is 3.18. The molecule has 0 spiro atoms. The molecule has 2 fully saturated rings. The van der Waals surface area contributed by atoms with Gasteiger partial charge in [0.25, 0.3) is 0 Å². The molecule has 2 aromatic rings. The van der Waals surface area contributed by atoms with Crippen LogP contribution in [0, 0.1) is 5.92 Å². The number of pyridine rings is 1.